The Bertz CT molecular complexity index is 1430. The highest BCUT2D eigenvalue weighted by atomic mass is 35.5. The van der Waals surface area contributed by atoms with Crippen LogP contribution in [0.3, 0.4) is 0 Å². The molecule has 0 unspecified atom stereocenters. The maximum atomic E-state index is 11.5. The van der Waals surface area contributed by atoms with Crippen LogP contribution in [0.5, 0.6) is 5.88 Å². The third-order valence-electron chi connectivity index (χ3n) is 4.90. The van der Waals surface area contributed by atoms with Crippen LogP contribution in [0.15, 0.2) is 46.3 Å². The second kappa shape index (κ2) is 7.03. The maximum Gasteiger partial charge on any atom is 0.326 e. The number of anilines is 2. The summed E-state index contributed by atoms with van der Waals surface area (Å²) in [5.41, 5.74) is 1.90. The summed E-state index contributed by atoms with van der Waals surface area (Å²) in [5, 5.41) is 15.6. The van der Waals surface area contributed by atoms with Crippen molar-refractivity contribution < 1.29 is 5.11 Å². The molecule has 4 aromatic rings. The quantitative estimate of drug-likeness (QED) is 0.460. The molecular weight excluding hydrogens is 406 g/mol. The average Bonchev–Trinajstić information content (AvgIpc) is 3.35. The van der Waals surface area contributed by atoms with Crippen molar-refractivity contribution in [1.82, 2.24) is 24.6 Å². The van der Waals surface area contributed by atoms with E-state index in [1.54, 1.807) is 16.8 Å². The van der Waals surface area contributed by atoms with Crippen LogP contribution in [0.2, 0.25) is 5.02 Å². The van der Waals surface area contributed by atoms with Gasteiger partial charge in [-0.1, -0.05) is 17.7 Å². The molecule has 1 saturated carbocycles. The number of benzene rings is 1. The highest BCUT2D eigenvalue weighted by molar-refractivity contribution is 6.30. The van der Waals surface area contributed by atoms with E-state index in [0.717, 1.165) is 18.5 Å². The molecule has 1 aliphatic rings. The SMILES string of the molecule is CN(c1cccc(Cl)c1)c1cc(=NC2CC2)n2nc/c(=C/c3[nH]c(=O)[nH]c3O)c2n1. The summed E-state index contributed by atoms with van der Waals surface area (Å²) in [7, 11) is 1.90. The Kier molecular flexibility index (Phi) is 4.32. The lowest BCUT2D eigenvalue weighted by Gasteiger charge is -2.18. The summed E-state index contributed by atoms with van der Waals surface area (Å²) in [6.07, 6.45) is 5.36. The number of hydrogen-bond donors (Lipinski definition) is 3. The van der Waals surface area contributed by atoms with E-state index in [4.69, 9.17) is 21.6 Å². The minimum Gasteiger partial charge on any atom is -0.493 e. The Labute approximate surface area is 175 Å². The predicted octanol–water partition coefficient (Wildman–Crippen LogP) is 1.48. The lowest BCUT2D eigenvalue weighted by atomic mass is 10.3. The Morgan fingerprint density at radius 1 is 1.33 bits per heavy atom. The minimum atomic E-state index is -0.492. The molecule has 10 heteroatoms. The molecule has 0 radical (unpaired) electrons. The molecule has 5 rings (SSSR count). The molecule has 3 heterocycles. The molecular formula is C20H18ClN7O2. The summed E-state index contributed by atoms with van der Waals surface area (Å²) in [4.78, 5) is 27.8. The molecule has 3 N–H and O–H groups in total. The molecule has 1 aliphatic carbocycles. The van der Waals surface area contributed by atoms with Gasteiger partial charge in [0, 0.05) is 29.0 Å². The standard InChI is InChI=1S/C20H18ClN7O2/c1-27(14-4-2-3-12(21)8-14)16-9-17(23-13-5-6-13)28-18(25-16)11(10-22-28)7-15-19(29)26-20(30)24-15/h2-4,7-10,13,29H,5-6H2,1H3,(H2,24,26,30)/b11-7-,23-17?. The van der Waals surface area contributed by atoms with E-state index in [0.29, 0.717) is 33.2 Å². The van der Waals surface area contributed by atoms with Gasteiger partial charge in [0.1, 0.15) is 11.5 Å². The lowest BCUT2D eigenvalue weighted by Crippen LogP contribution is -2.22. The van der Waals surface area contributed by atoms with Crippen LogP contribution >= 0.6 is 11.6 Å². The number of nitrogens with zero attached hydrogens (tertiary/aromatic N) is 5. The number of rotatable bonds is 4. The largest absolute Gasteiger partial charge is 0.493 e. The average molecular weight is 424 g/mol. The highest BCUT2D eigenvalue weighted by Gasteiger charge is 2.20. The number of aromatic hydroxyl groups is 1. The van der Waals surface area contributed by atoms with Crippen LogP contribution in [0.1, 0.15) is 18.5 Å². The third kappa shape index (κ3) is 3.43. The maximum absolute atomic E-state index is 11.5. The van der Waals surface area contributed by atoms with Crippen LogP contribution in [0, 0.1) is 0 Å². The van der Waals surface area contributed by atoms with Crippen molar-refractivity contribution in [2.75, 3.05) is 11.9 Å². The molecule has 0 amide bonds. The van der Waals surface area contributed by atoms with Gasteiger partial charge in [0.15, 0.2) is 11.1 Å². The topological polar surface area (TPSA) is 115 Å². The van der Waals surface area contributed by atoms with E-state index in [2.05, 4.69) is 15.1 Å². The lowest BCUT2D eigenvalue weighted by molar-refractivity contribution is 0.454. The van der Waals surface area contributed by atoms with E-state index >= 15 is 0 Å². The predicted molar refractivity (Wildman–Crippen MR) is 113 cm³/mol. The van der Waals surface area contributed by atoms with Gasteiger partial charge in [-0.05, 0) is 37.1 Å². The summed E-state index contributed by atoms with van der Waals surface area (Å²) in [6, 6.07) is 9.68. The summed E-state index contributed by atoms with van der Waals surface area (Å²) < 4.78 is 1.67. The molecule has 152 valence electrons. The number of fused-ring (bicyclic) bond motifs is 1. The van der Waals surface area contributed by atoms with Crippen molar-refractivity contribution in [2.24, 2.45) is 4.99 Å². The Hall–Kier alpha value is -3.59. The van der Waals surface area contributed by atoms with Crippen LogP contribution < -0.4 is 21.3 Å². The van der Waals surface area contributed by atoms with Crippen LogP contribution in [0.25, 0.3) is 11.7 Å². The van der Waals surface area contributed by atoms with E-state index < -0.39 is 5.69 Å². The van der Waals surface area contributed by atoms with E-state index in [9.17, 15) is 9.90 Å². The molecule has 1 fully saturated rings. The number of halogens is 1. The zero-order valence-electron chi connectivity index (χ0n) is 16.0. The fourth-order valence-electron chi connectivity index (χ4n) is 3.17. The number of nitrogens with one attached hydrogen (secondary N) is 2. The van der Waals surface area contributed by atoms with Gasteiger partial charge in [0.2, 0.25) is 5.88 Å². The van der Waals surface area contributed by atoms with Crippen LogP contribution in [-0.4, -0.2) is 42.8 Å². The van der Waals surface area contributed by atoms with E-state index in [1.165, 1.54) is 0 Å². The van der Waals surface area contributed by atoms with E-state index in [-0.39, 0.29) is 11.6 Å². The monoisotopic (exact) mass is 423 g/mol. The van der Waals surface area contributed by atoms with Crippen molar-refractivity contribution in [3.63, 3.8) is 0 Å². The molecule has 0 atom stereocenters. The molecule has 1 aromatic carbocycles. The Morgan fingerprint density at radius 2 is 2.17 bits per heavy atom. The molecule has 0 bridgehead atoms. The first-order valence-electron chi connectivity index (χ1n) is 9.43. The zero-order valence-corrected chi connectivity index (χ0v) is 16.8. The first-order chi connectivity index (χ1) is 14.5. The molecule has 9 nitrogen and oxygen atoms in total. The van der Waals surface area contributed by atoms with Crippen LogP contribution in [-0.2, 0) is 0 Å². The van der Waals surface area contributed by atoms with Gasteiger partial charge >= 0.3 is 5.69 Å². The fraction of sp³-hybridized carbons (Fsp3) is 0.200. The van der Waals surface area contributed by atoms with Crippen LogP contribution in [0.4, 0.5) is 11.5 Å². The summed E-state index contributed by atoms with van der Waals surface area (Å²) in [5.74, 6) is 0.431. The summed E-state index contributed by atoms with van der Waals surface area (Å²) >= 11 is 6.15. The number of imidazole rings is 1. The van der Waals surface area contributed by atoms with Gasteiger partial charge in [-0.2, -0.15) is 9.61 Å². The fourth-order valence-corrected chi connectivity index (χ4v) is 3.36. The second-order valence-electron chi connectivity index (χ2n) is 7.19. The van der Waals surface area contributed by atoms with E-state index in [1.807, 2.05) is 42.3 Å². The molecule has 0 saturated heterocycles. The van der Waals surface area contributed by atoms with Crippen molar-refractivity contribution in [1.29, 1.82) is 0 Å². The number of aromatic amines is 2. The van der Waals surface area contributed by atoms with Gasteiger partial charge in [0.05, 0.1) is 12.2 Å². The minimum absolute atomic E-state index is 0.241. The number of H-pyrrole nitrogens is 2. The highest BCUT2D eigenvalue weighted by Crippen LogP contribution is 2.25. The Balaban J connectivity index is 1.72. The van der Waals surface area contributed by atoms with Crippen molar-refractivity contribution >= 4 is 34.8 Å². The first-order valence-corrected chi connectivity index (χ1v) is 9.80. The number of hydrogen-bond acceptors (Lipinski definition) is 6. The summed E-state index contributed by atoms with van der Waals surface area (Å²) in [6.45, 7) is 0. The first kappa shape index (κ1) is 18.4. The Morgan fingerprint density at radius 3 is 2.87 bits per heavy atom. The van der Waals surface area contributed by atoms with Gasteiger partial charge in [-0.15, -0.1) is 0 Å². The van der Waals surface area contributed by atoms with Crippen molar-refractivity contribution in [2.45, 2.75) is 18.9 Å². The zero-order chi connectivity index (χ0) is 20.8. The second-order valence-corrected chi connectivity index (χ2v) is 7.63. The van der Waals surface area contributed by atoms with Gasteiger partial charge < -0.3 is 15.0 Å². The smallest absolute Gasteiger partial charge is 0.326 e. The third-order valence-corrected chi connectivity index (χ3v) is 5.14. The normalized spacial score (nSPS) is 15.3. The van der Waals surface area contributed by atoms with Gasteiger partial charge in [-0.25, -0.2) is 9.78 Å². The molecule has 3 aromatic heterocycles. The molecule has 30 heavy (non-hydrogen) atoms. The van der Waals surface area contributed by atoms with Crippen molar-refractivity contribution in [3.05, 3.63) is 68.4 Å². The van der Waals surface area contributed by atoms with Crippen molar-refractivity contribution in [3.8, 4) is 5.88 Å². The molecule has 0 spiro atoms. The molecule has 0 aliphatic heterocycles. The number of aromatic nitrogens is 5. The van der Waals surface area contributed by atoms with Gasteiger partial charge in [-0.3, -0.25) is 9.98 Å². The van der Waals surface area contributed by atoms with Gasteiger partial charge in [0.25, 0.3) is 0 Å².